The molecule has 0 saturated carbocycles. The van der Waals surface area contributed by atoms with Crippen LogP contribution in [0.3, 0.4) is 0 Å². The second-order valence-corrected chi connectivity index (χ2v) is 14.5. The van der Waals surface area contributed by atoms with Gasteiger partial charge in [0.2, 0.25) is 0 Å². The Labute approximate surface area is 287 Å². The Bertz CT molecular complexity index is 2350. The third-order valence-electron chi connectivity index (χ3n) is 8.81. The topological polar surface area (TPSA) is 39.4 Å². The van der Waals surface area contributed by atoms with Crippen LogP contribution >= 0.6 is 34.0 Å². The summed E-state index contributed by atoms with van der Waals surface area (Å²) in [6.07, 6.45) is 0. The molecule has 10 rings (SSSR count). The van der Waals surface area contributed by atoms with Crippen molar-refractivity contribution in [3.63, 3.8) is 0 Å². The molecule has 0 N–H and O–H groups in total. The van der Waals surface area contributed by atoms with E-state index >= 15 is 0 Å². The number of fused-ring (bicyclic) bond motifs is 3. The average molecular weight is 673 g/mol. The zero-order valence-electron chi connectivity index (χ0n) is 25.3. The molecule has 10 aromatic rings. The molecule has 0 atom stereocenters. The molecule has 0 spiro atoms. The smallest absolute Gasteiger partial charge is 0.145 e. The van der Waals surface area contributed by atoms with Crippen LogP contribution in [0.5, 0.6) is 0 Å². The zero-order chi connectivity index (χ0) is 31.6. The third-order valence-corrected chi connectivity index (χ3v) is 11.6. The molecule has 0 bridgehead atoms. The van der Waals surface area contributed by atoms with Crippen molar-refractivity contribution < 1.29 is 13.3 Å². The highest BCUT2D eigenvalue weighted by Crippen LogP contribution is 2.47. The standard InChI is InChI=1S/C42H24O3S3/c1-4-10-34-25(7-1)22-37(43-34)40-31(13-16-46-40)28-19-29(32-14-17-47-41(32)38-23-26-8-2-5-11-35(26)44-38)21-30(20-28)33-15-18-48-42(33)39-24-27-9-3-6-12-36(27)45-39/h1-24H. The van der Waals surface area contributed by atoms with Crippen LogP contribution in [0.15, 0.2) is 157 Å². The summed E-state index contributed by atoms with van der Waals surface area (Å²) in [6, 6.07) is 44.5. The fraction of sp³-hybridized carbons (Fsp3) is 0. The summed E-state index contributed by atoms with van der Waals surface area (Å²) in [7, 11) is 0. The van der Waals surface area contributed by atoms with E-state index in [0.717, 1.165) is 98.2 Å². The molecule has 0 aliphatic heterocycles. The maximum Gasteiger partial charge on any atom is 0.145 e. The van der Waals surface area contributed by atoms with Crippen molar-refractivity contribution in [2.24, 2.45) is 0 Å². The van der Waals surface area contributed by atoms with Crippen LogP contribution in [0.2, 0.25) is 0 Å². The zero-order valence-corrected chi connectivity index (χ0v) is 27.8. The molecule has 48 heavy (non-hydrogen) atoms. The normalized spacial score (nSPS) is 11.8. The monoisotopic (exact) mass is 672 g/mol. The van der Waals surface area contributed by atoms with E-state index in [9.17, 15) is 0 Å². The molecule has 0 radical (unpaired) electrons. The van der Waals surface area contributed by atoms with Gasteiger partial charge in [0, 0.05) is 32.8 Å². The summed E-state index contributed by atoms with van der Waals surface area (Å²) in [5, 5.41) is 9.76. The van der Waals surface area contributed by atoms with Gasteiger partial charge >= 0.3 is 0 Å². The number of rotatable bonds is 6. The lowest BCUT2D eigenvalue weighted by molar-refractivity contribution is 0.633. The Morgan fingerprint density at radius 1 is 0.333 bits per heavy atom. The van der Waals surface area contributed by atoms with Crippen molar-refractivity contribution in [1.29, 1.82) is 0 Å². The summed E-state index contributed by atoms with van der Waals surface area (Å²) >= 11 is 5.11. The van der Waals surface area contributed by atoms with Crippen LogP contribution < -0.4 is 0 Å². The van der Waals surface area contributed by atoms with Crippen LogP contribution in [-0.2, 0) is 0 Å². The molecular weight excluding hydrogens is 649 g/mol. The first-order valence-electron chi connectivity index (χ1n) is 15.6. The molecule has 0 aliphatic rings. The summed E-state index contributed by atoms with van der Waals surface area (Å²) in [5.41, 5.74) is 9.49. The minimum atomic E-state index is 0.880. The first-order chi connectivity index (χ1) is 23.7. The quantitative estimate of drug-likeness (QED) is 0.176. The first kappa shape index (κ1) is 27.7. The lowest BCUT2D eigenvalue weighted by Crippen LogP contribution is -1.87. The summed E-state index contributed by atoms with van der Waals surface area (Å²) in [5.74, 6) is 2.64. The Morgan fingerprint density at radius 2 is 0.646 bits per heavy atom. The number of thiophene rings is 3. The molecule has 0 amide bonds. The maximum absolute atomic E-state index is 6.38. The van der Waals surface area contributed by atoms with Crippen molar-refractivity contribution in [2.45, 2.75) is 0 Å². The molecule has 228 valence electrons. The summed E-state index contributed by atoms with van der Waals surface area (Å²) < 4.78 is 19.1. The molecule has 6 heterocycles. The molecule has 0 saturated heterocycles. The van der Waals surface area contributed by atoms with Gasteiger partial charge in [-0.05, 0) is 106 Å². The van der Waals surface area contributed by atoms with Crippen molar-refractivity contribution in [3.8, 4) is 65.3 Å². The van der Waals surface area contributed by atoms with E-state index in [4.69, 9.17) is 13.3 Å². The molecule has 0 unspecified atom stereocenters. The molecule has 6 heteroatoms. The lowest BCUT2D eigenvalue weighted by atomic mass is 9.93. The highest BCUT2D eigenvalue weighted by atomic mass is 32.1. The SMILES string of the molecule is c1ccc2oc(-c3sccc3-c3cc(-c4ccsc4-c4cc5ccccc5o4)cc(-c4ccsc4-c4cc5ccccc5o4)c3)cc2c1. The van der Waals surface area contributed by atoms with Crippen LogP contribution in [0.25, 0.3) is 98.2 Å². The van der Waals surface area contributed by atoms with Gasteiger partial charge in [0.1, 0.15) is 34.0 Å². The van der Waals surface area contributed by atoms with Gasteiger partial charge in [0.05, 0.1) is 14.6 Å². The first-order valence-corrected chi connectivity index (χ1v) is 18.2. The van der Waals surface area contributed by atoms with Gasteiger partial charge in [-0.1, -0.05) is 54.6 Å². The fourth-order valence-electron chi connectivity index (χ4n) is 6.56. The second-order valence-electron chi connectivity index (χ2n) is 11.7. The lowest BCUT2D eigenvalue weighted by Gasteiger charge is -2.12. The van der Waals surface area contributed by atoms with E-state index < -0.39 is 0 Å². The average Bonchev–Trinajstić information content (AvgIpc) is 3.97. The Kier molecular flexibility index (Phi) is 6.40. The Balaban J connectivity index is 1.17. The van der Waals surface area contributed by atoms with Crippen LogP contribution in [0, 0.1) is 0 Å². The third kappa shape index (κ3) is 4.60. The summed E-state index contributed by atoms with van der Waals surface area (Å²) in [6.45, 7) is 0. The highest BCUT2D eigenvalue weighted by Gasteiger charge is 2.21. The molecule has 0 aliphatic carbocycles. The number of benzene rings is 4. The van der Waals surface area contributed by atoms with Crippen LogP contribution in [0.1, 0.15) is 0 Å². The number of para-hydroxylation sites is 3. The van der Waals surface area contributed by atoms with Crippen molar-refractivity contribution in [3.05, 3.63) is 144 Å². The molecular formula is C42H24O3S3. The van der Waals surface area contributed by atoms with Gasteiger partial charge in [-0.3, -0.25) is 0 Å². The van der Waals surface area contributed by atoms with E-state index in [-0.39, 0.29) is 0 Å². The van der Waals surface area contributed by atoms with Gasteiger partial charge in [0.15, 0.2) is 0 Å². The van der Waals surface area contributed by atoms with Crippen molar-refractivity contribution >= 4 is 66.9 Å². The van der Waals surface area contributed by atoms with E-state index in [0.29, 0.717) is 0 Å². The fourth-order valence-corrected chi connectivity index (χ4v) is 9.17. The summed E-state index contributed by atoms with van der Waals surface area (Å²) in [4.78, 5) is 3.33. The predicted octanol–water partition coefficient (Wildman–Crippen LogP) is 14.1. The maximum atomic E-state index is 6.38. The van der Waals surface area contributed by atoms with Gasteiger partial charge in [-0.25, -0.2) is 0 Å². The van der Waals surface area contributed by atoms with E-state index in [1.54, 1.807) is 34.0 Å². The van der Waals surface area contributed by atoms with Crippen molar-refractivity contribution in [2.75, 3.05) is 0 Å². The highest BCUT2D eigenvalue weighted by molar-refractivity contribution is 7.14. The Morgan fingerprint density at radius 3 is 0.958 bits per heavy atom. The molecule has 4 aromatic carbocycles. The molecule has 0 fully saturated rings. The number of furan rings is 3. The number of hydrogen-bond donors (Lipinski definition) is 0. The minimum absolute atomic E-state index is 0.880. The van der Waals surface area contributed by atoms with Gasteiger partial charge in [0.25, 0.3) is 0 Å². The Hall–Kier alpha value is -5.40. The van der Waals surface area contributed by atoms with Gasteiger partial charge in [-0.15, -0.1) is 34.0 Å². The largest absolute Gasteiger partial charge is 0.455 e. The van der Waals surface area contributed by atoms with Gasteiger partial charge < -0.3 is 13.3 Å². The minimum Gasteiger partial charge on any atom is -0.455 e. The van der Waals surface area contributed by atoms with Crippen molar-refractivity contribution in [1.82, 2.24) is 0 Å². The van der Waals surface area contributed by atoms with Crippen LogP contribution in [0.4, 0.5) is 0 Å². The second kappa shape index (κ2) is 11.1. The predicted molar refractivity (Wildman–Crippen MR) is 202 cm³/mol. The van der Waals surface area contributed by atoms with Crippen LogP contribution in [-0.4, -0.2) is 0 Å². The van der Waals surface area contributed by atoms with E-state index in [1.807, 2.05) is 54.6 Å². The molecule has 6 aromatic heterocycles. The number of hydrogen-bond acceptors (Lipinski definition) is 6. The van der Waals surface area contributed by atoms with E-state index in [1.165, 1.54) is 0 Å². The molecule has 3 nitrogen and oxygen atoms in total. The van der Waals surface area contributed by atoms with Gasteiger partial charge in [-0.2, -0.15) is 0 Å². The van der Waals surface area contributed by atoms with E-state index in [2.05, 4.69) is 88.9 Å².